The first kappa shape index (κ1) is 13.9. The fraction of sp³-hybridized carbons (Fsp3) is 0.0714. The van der Waals surface area contributed by atoms with Crippen LogP contribution in [0.2, 0.25) is 0 Å². The zero-order chi connectivity index (χ0) is 14.9. The summed E-state index contributed by atoms with van der Waals surface area (Å²) in [6.45, 7) is 1.48. The number of amides is 1. The molecule has 0 saturated heterocycles. The highest BCUT2D eigenvalue weighted by Gasteiger charge is 2.13. The van der Waals surface area contributed by atoms with Crippen molar-refractivity contribution in [2.24, 2.45) is 0 Å². The molecule has 0 heterocycles. The van der Waals surface area contributed by atoms with Gasteiger partial charge < -0.3 is 11.1 Å². The van der Waals surface area contributed by atoms with E-state index >= 15 is 0 Å². The quantitative estimate of drug-likeness (QED) is 0.830. The van der Waals surface area contributed by atoms with Crippen LogP contribution in [-0.2, 0) is 0 Å². The van der Waals surface area contributed by atoms with E-state index in [9.17, 15) is 18.0 Å². The van der Waals surface area contributed by atoms with Crippen molar-refractivity contribution in [1.82, 2.24) is 0 Å². The molecular weight excluding hydrogens is 269 g/mol. The van der Waals surface area contributed by atoms with Gasteiger partial charge in [0.05, 0.1) is 5.69 Å². The monoisotopic (exact) mass is 280 g/mol. The third-order valence-corrected chi connectivity index (χ3v) is 2.83. The van der Waals surface area contributed by atoms with Gasteiger partial charge >= 0.3 is 0 Å². The second-order valence-electron chi connectivity index (χ2n) is 4.25. The Balaban J connectivity index is 2.28. The fourth-order valence-corrected chi connectivity index (χ4v) is 1.62. The molecule has 0 fully saturated rings. The maximum Gasteiger partial charge on any atom is 0.255 e. The van der Waals surface area contributed by atoms with Crippen molar-refractivity contribution in [2.45, 2.75) is 6.92 Å². The normalized spacial score (nSPS) is 10.4. The maximum absolute atomic E-state index is 13.5. The minimum absolute atomic E-state index is 0.0469. The van der Waals surface area contributed by atoms with E-state index in [2.05, 4.69) is 5.32 Å². The fourth-order valence-electron chi connectivity index (χ4n) is 1.62. The molecule has 20 heavy (non-hydrogen) atoms. The van der Waals surface area contributed by atoms with Crippen molar-refractivity contribution in [3.63, 3.8) is 0 Å². The number of carbonyl (C=O) groups excluding carboxylic acids is 1. The van der Waals surface area contributed by atoms with Crippen LogP contribution < -0.4 is 11.1 Å². The maximum atomic E-state index is 13.5. The van der Waals surface area contributed by atoms with Gasteiger partial charge in [-0.15, -0.1) is 0 Å². The second-order valence-corrected chi connectivity index (χ2v) is 4.25. The summed E-state index contributed by atoms with van der Waals surface area (Å²) in [7, 11) is 0. The van der Waals surface area contributed by atoms with E-state index in [-0.39, 0.29) is 22.5 Å². The Kier molecular flexibility index (Phi) is 3.65. The number of benzene rings is 2. The molecule has 0 unspecified atom stereocenters. The number of nitrogens with one attached hydrogen (secondary N) is 1. The number of rotatable bonds is 2. The van der Waals surface area contributed by atoms with Crippen LogP contribution in [0, 0.1) is 24.4 Å². The number of halogens is 3. The van der Waals surface area contributed by atoms with Gasteiger partial charge in [-0.2, -0.15) is 0 Å². The summed E-state index contributed by atoms with van der Waals surface area (Å²) in [6.07, 6.45) is 0. The SMILES string of the molecule is Cc1c(N)cc(C(=O)Nc2ccc(F)cc2F)cc1F. The Hall–Kier alpha value is -2.50. The lowest BCUT2D eigenvalue weighted by Gasteiger charge is -2.09. The van der Waals surface area contributed by atoms with Crippen LogP contribution in [0.15, 0.2) is 30.3 Å². The molecule has 1 amide bonds. The van der Waals surface area contributed by atoms with Gasteiger partial charge in [-0.1, -0.05) is 0 Å². The molecule has 3 nitrogen and oxygen atoms in total. The zero-order valence-electron chi connectivity index (χ0n) is 10.5. The molecule has 0 aliphatic carbocycles. The molecule has 2 aromatic carbocycles. The summed E-state index contributed by atoms with van der Waals surface area (Å²) >= 11 is 0. The molecule has 0 aliphatic rings. The third kappa shape index (κ3) is 2.74. The van der Waals surface area contributed by atoms with E-state index in [1.54, 1.807) is 0 Å². The molecule has 3 N–H and O–H groups in total. The van der Waals surface area contributed by atoms with Gasteiger partial charge in [-0.3, -0.25) is 4.79 Å². The van der Waals surface area contributed by atoms with Crippen LogP contribution in [0.1, 0.15) is 15.9 Å². The lowest BCUT2D eigenvalue weighted by Crippen LogP contribution is -2.14. The predicted octanol–water partition coefficient (Wildman–Crippen LogP) is 3.25. The van der Waals surface area contributed by atoms with Gasteiger partial charge in [0.15, 0.2) is 0 Å². The Labute approximate surface area is 113 Å². The first-order chi connectivity index (χ1) is 9.38. The predicted molar refractivity (Wildman–Crippen MR) is 69.9 cm³/mol. The second kappa shape index (κ2) is 5.24. The third-order valence-electron chi connectivity index (χ3n) is 2.83. The van der Waals surface area contributed by atoms with E-state index in [1.807, 2.05) is 0 Å². The largest absolute Gasteiger partial charge is 0.398 e. The molecule has 0 saturated carbocycles. The summed E-state index contributed by atoms with van der Waals surface area (Å²) in [6, 6.07) is 5.01. The van der Waals surface area contributed by atoms with Crippen LogP contribution >= 0.6 is 0 Å². The van der Waals surface area contributed by atoms with E-state index in [4.69, 9.17) is 5.73 Å². The van der Waals surface area contributed by atoms with Crippen molar-refractivity contribution < 1.29 is 18.0 Å². The van der Waals surface area contributed by atoms with Gasteiger partial charge in [0.2, 0.25) is 0 Å². The smallest absolute Gasteiger partial charge is 0.255 e. The van der Waals surface area contributed by atoms with Crippen molar-refractivity contribution in [2.75, 3.05) is 11.1 Å². The molecule has 2 aromatic rings. The Morgan fingerprint density at radius 3 is 2.40 bits per heavy atom. The number of carbonyl (C=O) groups is 1. The van der Waals surface area contributed by atoms with E-state index in [0.717, 1.165) is 18.2 Å². The van der Waals surface area contributed by atoms with Crippen LogP contribution in [0.25, 0.3) is 0 Å². The van der Waals surface area contributed by atoms with Gasteiger partial charge in [0, 0.05) is 22.9 Å². The number of hydrogen-bond acceptors (Lipinski definition) is 2. The first-order valence-corrected chi connectivity index (χ1v) is 5.70. The first-order valence-electron chi connectivity index (χ1n) is 5.70. The van der Waals surface area contributed by atoms with Crippen molar-refractivity contribution in [3.05, 3.63) is 58.9 Å². The molecular formula is C14H11F3N2O. The Morgan fingerprint density at radius 1 is 1.10 bits per heavy atom. The molecule has 0 radical (unpaired) electrons. The van der Waals surface area contributed by atoms with Crippen LogP contribution in [-0.4, -0.2) is 5.91 Å². The van der Waals surface area contributed by atoms with Crippen molar-refractivity contribution in [1.29, 1.82) is 0 Å². The molecule has 104 valence electrons. The van der Waals surface area contributed by atoms with Crippen molar-refractivity contribution >= 4 is 17.3 Å². The topological polar surface area (TPSA) is 55.1 Å². The molecule has 0 bridgehead atoms. The highest BCUT2D eigenvalue weighted by atomic mass is 19.1. The minimum Gasteiger partial charge on any atom is -0.398 e. The van der Waals surface area contributed by atoms with E-state index in [1.165, 1.54) is 13.0 Å². The number of hydrogen-bond donors (Lipinski definition) is 2. The lowest BCUT2D eigenvalue weighted by molar-refractivity contribution is 0.102. The number of anilines is 2. The summed E-state index contributed by atoms with van der Waals surface area (Å²) in [5.74, 6) is -3.04. The molecule has 0 spiro atoms. The molecule has 0 aliphatic heterocycles. The summed E-state index contributed by atoms with van der Waals surface area (Å²) in [4.78, 5) is 11.9. The number of nitrogen functional groups attached to an aromatic ring is 1. The highest BCUT2D eigenvalue weighted by molar-refractivity contribution is 6.05. The standard InChI is InChI=1S/C14H11F3N2O/c1-7-10(16)4-8(5-12(7)18)14(20)19-13-3-2-9(15)6-11(13)17/h2-6H,18H2,1H3,(H,19,20). The molecule has 0 aromatic heterocycles. The average Bonchev–Trinajstić information content (AvgIpc) is 2.38. The minimum atomic E-state index is -0.918. The van der Waals surface area contributed by atoms with Gasteiger partial charge in [0.1, 0.15) is 17.5 Å². The zero-order valence-corrected chi connectivity index (χ0v) is 10.5. The van der Waals surface area contributed by atoms with Crippen LogP contribution in [0.4, 0.5) is 24.5 Å². The van der Waals surface area contributed by atoms with Crippen LogP contribution in [0.3, 0.4) is 0 Å². The van der Waals surface area contributed by atoms with Crippen LogP contribution in [0.5, 0.6) is 0 Å². The van der Waals surface area contributed by atoms with E-state index in [0.29, 0.717) is 6.07 Å². The van der Waals surface area contributed by atoms with E-state index < -0.39 is 23.4 Å². The molecule has 0 atom stereocenters. The van der Waals surface area contributed by atoms with Crippen molar-refractivity contribution in [3.8, 4) is 0 Å². The van der Waals surface area contributed by atoms with Gasteiger partial charge in [-0.25, -0.2) is 13.2 Å². The van der Waals surface area contributed by atoms with Gasteiger partial charge in [0.25, 0.3) is 5.91 Å². The Bertz CT molecular complexity index is 663. The molecule has 2 rings (SSSR count). The summed E-state index contributed by atoms with van der Waals surface area (Å²) in [5.41, 5.74) is 5.66. The molecule has 6 heteroatoms. The Morgan fingerprint density at radius 2 is 1.80 bits per heavy atom. The average molecular weight is 280 g/mol. The lowest BCUT2D eigenvalue weighted by atomic mass is 10.1. The van der Waals surface area contributed by atoms with Gasteiger partial charge in [-0.05, 0) is 31.2 Å². The number of nitrogens with two attached hydrogens (primary N) is 1. The summed E-state index contributed by atoms with van der Waals surface area (Å²) < 4.78 is 39.6. The highest BCUT2D eigenvalue weighted by Crippen LogP contribution is 2.20. The summed E-state index contributed by atoms with van der Waals surface area (Å²) in [5, 5.41) is 2.22.